The molecule has 1 fully saturated rings. The van der Waals surface area contributed by atoms with Gasteiger partial charge < -0.3 is 5.11 Å². The zero-order chi connectivity index (χ0) is 18.9. The number of hydrogen-bond acceptors (Lipinski definition) is 3. The number of aliphatic carboxylic acids is 1. The quantitative estimate of drug-likeness (QED) is 0.799. The highest BCUT2D eigenvalue weighted by Gasteiger charge is 2.32. The molecule has 0 atom stereocenters. The summed E-state index contributed by atoms with van der Waals surface area (Å²) in [6, 6.07) is 0.487. The molecule has 0 saturated heterocycles. The predicted octanol–water partition coefficient (Wildman–Crippen LogP) is 2.92. The lowest BCUT2D eigenvalue weighted by Crippen LogP contribution is -2.35. The molecule has 1 N–H and O–H groups in total. The van der Waals surface area contributed by atoms with Gasteiger partial charge in [0.15, 0.2) is 11.6 Å². The Morgan fingerprint density at radius 1 is 1.20 bits per heavy atom. The first kappa shape index (κ1) is 19.7. The summed E-state index contributed by atoms with van der Waals surface area (Å²) in [5, 5.41) is 8.97. The molecule has 1 aliphatic rings. The van der Waals surface area contributed by atoms with E-state index in [4.69, 9.17) is 5.11 Å². The fraction of sp³-hybridized carbons (Fsp3) is 0.562. The van der Waals surface area contributed by atoms with E-state index >= 15 is 0 Å². The summed E-state index contributed by atoms with van der Waals surface area (Å²) in [6.45, 7) is 1.06. The Bertz CT molecular complexity index is 774. The number of hydrogen-bond donors (Lipinski definition) is 1. The van der Waals surface area contributed by atoms with Crippen molar-refractivity contribution >= 4 is 16.0 Å². The SMILES string of the molecule is Cc1c(F)cc(S(=O)(=O)N(C)CC2CCC(C(=O)O)CC2)c(F)c1F. The predicted molar refractivity (Wildman–Crippen MR) is 84.0 cm³/mol. The minimum absolute atomic E-state index is 0.0330. The second-order valence-electron chi connectivity index (χ2n) is 6.45. The van der Waals surface area contributed by atoms with E-state index in [9.17, 15) is 26.4 Å². The van der Waals surface area contributed by atoms with Crippen molar-refractivity contribution in [2.24, 2.45) is 11.8 Å². The molecule has 0 unspecified atom stereocenters. The molecule has 0 bridgehead atoms. The average Bonchev–Trinajstić information content (AvgIpc) is 2.56. The number of carboxylic acids is 1. The van der Waals surface area contributed by atoms with Gasteiger partial charge in [-0.2, -0.15) is 0 Å². The van der Waals surface area contributed by atoms with Gasteiger partial charge in [-0.3, -0.25) is 4.79 Å². The average molecular weight is 379 g/mol. The van der Waals surface area contributed by atoms with Gasteiger partial charge in [-0.25, -0.2) is 25.9 Å². The molecule has 0 heterocycles. The van der Waals surface area contributed by atoms with Crippen molar-refractivity contribution in [3.05, 3.63) is 29.1 Å². The molecule has 1 aromatic carbocycles. The van der Waals surface area contributed by atoms with Crippen LogP contribution in [0.4, 0.5) is 13.2 Å². The standard InChI is InChI=1S/C16H20F3NO4S/c1-9-12(17)7-13(15(19)14(9)18)25(23,24)20(2)8-10-3-5-11(6-4-10)16(21)22/h7,10-11H,3-6,8H2,1-2H3,(H,21,22). The highest BCUT2D eigenvalue weighted by molar-refractivity contribution is 7.89. The summed E-state index contributed by atoms with van der Waals surface area (Å²) >= 11 is 0. The van der Waals surface area contributed by atoms with Gasteiger partial charge >= 0.3 is 5.97 Å². The van der Waals surface area contributed by atoms with E-state index in [0.29, 0.717) is 31.7 Å². The molecule has 0 aliphatic heterocycles. The first-order valence-electron chi connectivity index (χ1n) is 7.89. The third-order valence-corrected chi connectivity index (χ3v) is 6.58. The number of carbonyl (C=O) groups is 1. The van der Waals surface area contributed by atoms with Crippen LogP contribution in [-0.2, 0) is 14.8 Å². The van der Waals surface area contributed by atoms with Crippen molar-refractivity contribution in [1.82, 2.24) is 4.31 Å². The summed E-state index contributed by atoms with van der Waals surface area (Å²) in [7, 11) is -3.18. The molecule has 0 spiro atoms. The van der Waals surface area contributed by atoms with Crippen LogP contribution in [0.2, 0.25) is 0 Å². The van der Waals surface area contributed by atoms with Crippen molar-refractivity contribution in [3.63, 3.8) is 0 Å². The molecule has 0 amide bonds. The Labute approximate surface area is 144 Å². The Hall–Kier alpha value is -1.61. The lowest BCUT2D eigenvalue weighted by atomic mass is 9.82. The summed E-state index contributed by atoms with van der Waals surface area (Å²) in [6.07, 6.45) is 1.93. The highest BCUT2D eigenvalue weighted by atomic mass is 32.2. The number of rotatable bonds is 5. The Morgan fingerprint density at radius 3 is 2.28 bits per heavy atom. The van der Waals surface area contributed by atoms with Crippen LogP contribution in [0.3, 0.4) is 0 Å². The van der Waals surface area contributed by atoms with Crippen LogP contribution in [0.15, 0.2) is 11.0 Å². The first-order valence-corrected chi connectivity index (χ1v) is 9.33. The van der Waals surface area contributed by atoms with Crippen molar-refractivity contribution in [1.29, 1.82) is 0 Å². The van der Waals surface area contributed by atoms with Gasteiger partial charge in [-0.05, 0) is 44.6 Å². The van der Waals surface area contributed by atoms with Crippen LogP contribution in [0, 0.1) is 36.2 Å². The van der Waals surface area contributed by atoms with E-state index in [2.05, 4.69) is 0 Å². The van der Waals surface area contributed by atoms with Crippen LogP contribution in [0.5, 0.6) is 0 Å². The van der Waals surface area contributed by atoms with Crippen molar-refractivity contribution in [3.8, 4) is 0 Å². The number of carboxylic acid groups (broad SMARTS) is 1. The molecule has 5 nitrogen and oxygen atoms in total. The van der Waals surface area contributed by atoms with Crippen LogP contribution in [-0.4, -0.2) is 37.4 Å². The van der Waals surface area contributed by atoms with E-state index < -0.39 is 49.8 Å². The molecule has 1 aromatic rings. The van der Waals surface area contributed by atoms with Crippen LogP contribution < -0.4 is 0 Å². The second kappa shape index (κ2) is 7.33. The van der Waals surface area contributed by atoms with Gasteiger partial charge in [0.25, 0.3) is 0 Å². The zero-order valence-electron chi connectivity index (χ0n) is 13.9. The summed E-state index contributed by atoms with van der Waals surface area (Å²) < 4.78 is 67.1. The molecule has 2 rings (SSSR count). The van der Waals surface area contributed by atoms with Crippen LogP contribution >= 0.6 is 0 Å². The molecule has 140 valence electrons. The van der Waals surface area contributed by atoms with E-state index in [-0.39, 0.29) is 12.5 Å². The van der Waals surface area contributed by atoms with Crippen molar-refractivity contribution in [2.45, 2.75) is 37.5 Å². The fourth-order valence-corrected chi connectivity index (χ4v) is 4.38. The van der Waals surface area contributed by atoms with Gasteiger partial charge in [0.2, 0.25) is 10.0 Å². The third-order valence-electron chi connectivity index (χ3n) is 4.75. The largest absolute Gasteiger partial charge is 0.481 e. The van der Waals surface area contributed by atoms with E-state index in [1.54, 1.807) is 0 Å². The van der Waals surface area contributed by atoms with Gasteiger partial charge in [0.05, 0.1) is 5.92 Å². The van der Waals surface area contributed by atoms with Crippen molar-refractivity contribution in [2.75, 3.05) is 13.6 Å². The third kappa shape index (κ3) is 3.98. The maximum absolute atomic E-state index is 14.0. The first-order chi connectivity index (χ1) is 11.6. The zero-order valence-corrected chi connectivity index (χ0v) is 14.7. The molecule has 1 aliphatic carbocycles. The normalized spacial score (nSPS) is 21.5. The highest BCUT2D eigenvalue weighted by Crippen LogP contribution is 2.31. The molecular formula is C16H20F3NO4S. The van der Waals surface area contributed by atoms with Crippen LogP contribution in [0.1, 0.15) is 31.2 Å². The fourth-order valence-electron chi connectivity index (χ4n) is 3.07. The Morgan fingerprint density at radius 2 is 1.76 bits per heavy atom. The molecule has 1 saturated carbocycles. The number of nitrogens with zero attached hydrogens (tertiary/aromatic N) is 1. The van der Waals surface area contributed by atoms with Crippen LogP contribution in [0.25, 0.3) is 0 Å². The number of benzene rings is 1. The minimum atomic E-state index is -4.40. The number of halogens is 3. The lowest BCUT2D eigenvalue weighted by Gasteiger charge is -2.29. The maximum atomic E-state index is 14.0. The van der Waals surface area contributed by atoms with Gasteiger partial charge in [-0.15, -0.1) is 0 Å². The molecule has 9 heteroatoms. The van der Waals surface area contributed by atoms with Crippen molar-refractivity contribution < 1.29 is 31.5 Å². The van der Waals surface area contributed by atoms with E-state index in [1.807, 2.05) is 0 Å². The maximum Gasteiger partial charge on any atom is 0.306 e. The van der Waals surface area contributed by atoms with E-state index in [0.717, 1.165) is 11.2 Å². The lowest BCUT2D eigenvalue weighted by molar-refractivity contribution is -0.143. The molecule has 0 radical (unpaired) electrons. The smallest absolute Gasteiger partial charge is 0.306 e. The molecule has 25 heavy (non-hydrogen) atoms. The summed E-state index contributed by atoms with van der Waals surface area (Å²) in [5.74, 6) is -5.64. The van der Waals surface area contributed by atoms with Gasteiger partial charge in [-0.1, -0.05) is 0 Å². The second-order valence-corrected chi connectivity index (χ2v) is 8.46. The number of sulfonamides is 1. The summed E-state index contributed by atoms with van der Waals surface area (Å²) in [5.41, 5.74) is -0.578. The molecule has 0 aromatic heterocycles. The minimum Gasteiger partial charge on any atom is -0.481 e. The van der Waals surface area contributed by atoms with Gasteiger partial charge in [0, 0.05) is 19.2 Å². The monoisotopic (exact) mass is 379 g/mol. The summed E-state index contributed by atoms with van der Waals surface area (Å²) in [4.78, 5) is 9.90. The van der Waals surface area contributed by atoms with E-state index in [1.165, 1.54) is 7.05 Å². The Balaban J connectivity index is 2.17. The molecular weight excluding hydrogens is 359 g/mol. The topological polar surface area (TPSA) is 74.7 Å². The van der Waals surface area contributed by atoms with Gasteiger partial charge in [0.1, 0.15) is 10.7 Å². The Kier molecular flexibility index (Phi) is 5.78.